The average molecular weight is 386 g/mol. The molecule has 138 valence electrons. The summed E-state index contributed by atoms with van der Waals surface area (Å²) in [6.07, 6.45) is 3.45. The number of amidine groups is 1. The van der Waals surface area contributed by atoms with Crippen LogP contribution in [0.3, 0.4) is 0 Å². The van der Waals surface area contributed by atoms with Crippen molar-refractivity contribution in [2.45, 2.75) is 13.2 Å². The fourth-order valence-corrected chi connectivity index (χ4v) is 2.48. The lowest BCUT2D eigenvalue weighted by atomic mass is 10.2. The Morgan fingerprint density at radius 1 is 1.11 bits per heavy atom. The number of benzene rings is 2. The molecule has 1 heterocycles. The molecule has 0 fully saturated rings. The van der Waals surface area contributed by atoms with Crippen LogP contribution in [0, 0.1) is 5.82 Å². The summed E-state index contributed by atoms with van der Waals surface area (Å²) in [6, 6.07) is 15.0. The molecule has 2 N–H and O–H groups in total. The van der Waals surface area contributed by atoms with Crippen molar-refractivity contribution in [3.63, 3.8) is 0 Å². The molecule has 0 aliphatic heterocycles. The van der Waals surface area contributed by atoms with Crippen LogP contribution >= 0.6 is 11.6 Å². The molecule has 0 radical (unpaired) electrons. The maximum atomic E-state index is 13.0. The van der Waals surface area contributed by atoms with Gasteiger partial charge in [-0.1, -0.05) is 41.0 Å². The van der Waals surface area contributed by atoms with Gasteiger partial charge in [0.05, 0.1) is 5.02 Å². The van der Waals surface area contributed by atoms with Gasteiger partial charge in [-0.25, -0.2) is 4.39 Å². The number of hydrogen-bond acceptors (Lipinski definition) is 4. The highest BCUT2D eigenvalue weighted by Crippen LogP contribution is 2.18. The molecule has 0 saturated heterocycles. The molecule has 2 aromatic carbocycles. The first-order valence-corrected chi connectivity index (χ1v) is 8.51. The van der Waals surface area contributed by atoms with Gasteiger partial charge in [0.15, 0.2) is 5.84 Å². The summed E-state index contributed by atoms with van der Waals surface area (Å²) in [4.78, 5) is 9.28. The van der Waals surface area contributed by atoms with Crippen molar-refractivity contribution in [2.24, 2.45) is 10.9 Å². The fourth-order valence-electron chi connectivity index (χ4n) is 2.26. The lowest BCUT2D eigenvalue weighted by molar-refractivity contribution is 0.130. The molecule has 0 aliphatic carbocycles. The number of halogens is 2. The minimum absolute atomic E-state index is 0.0804. The van der Waals surface area contributed by atoms with Crippen LogP contribution in [0.1, 0.15) is 16.7 Å². The van der Waals surface area contributed by atoms with E-state index in [1.807, 2.05) is 24.3 Å². The highest BCUT2D eigenvalue weighted by molar-refractivity contribution is 6.31. The second-order valence-electron chi connectivity index (χ2n) is 5.66. The van der Waals surface area contributed by atoms with Crippen molar-refractivity contribution in [3.05, 3.63) is 94.5 Å². The van der Waals surface area contributed by atoms with Crippen molar-refractivity contribution < 1.29 is 14.0 Å². The molecule has 3 rings (SSSR count). The molecule has 7 heteroatoms. The van der Waals surface area contributed by atoms with E-state index in [9.17, 15) is 4.39 Å². The van der Waals surface area contributed by atoms with Crippen LogP contribution < -0.4 is 10.5 Å². The molecule has 0 saturated carbocycles. The summed E-state index contributed by atoms with van der Waals surface area (Å²) in [7, 11) is 0. The Kier molecular flexibility index (Phi) is 6.22. The topological polar surface area (TPSA) is 69.7 Å². The van der Waals surface area contributed by atoms with Gasteiger partial charge in [0.2, 0.25) is 0 Å². The SMILES string of the molecule is N/C(=N\OCc1ccc(F)cc1Cl)c1cccc(OCc2cccnc2)c1. The van der Waals surface area contributed by atoms with Crippen LogP contribution in [0.4, 0.5) is 4.39 Å². The van der Waals surface area contributed by atoms with Crippen molar-refractivity contribution in [1.82, 2.24) is 4.98 Å². The molecule has 0 unspecified atom stereocenters. The molecule has 0 aliphatic rings. The monoisotopic (exact) mass is 385 g/mol. The van der Waals surface area contributed by atoms with Crippen LogP contribution in [0.15, 0.2) is 72.1 Å². The molecule has 0 bridgehead atoms. The highest BCUT2D eigenvalue weighted by atomic mass is 35.5. The van der Waals surface area contributed by atoms with Gasteiger partial charge < -0.3 is 15.3 Å². The van der Waals surface area contributed by atoms with Gasteiger partial charge in [0.25, 0.3) is 0 Å². The van der Waals surface area contributed by atoms with E-state index in [2.05, 4.69) is 10.1 Å². The maximum absolute atomic E-state index is 13.0. The summed E-state index contributed by atoms with van der Waals surface area (Å²) in [5.41, 5.74) is 8.20. The van der Waals surface area contributed by atoms with Gasteiger partial charge in [-0.05, 0) is 30.3 Å². The number of nitrogens with two attached hydrogens (primary N) is 1. The average Bonchev–Trinajstić information content (AvgIpc) is 2.69. The smallest absolute Gasteiger partial charge is 0.170 e. The molecular formula is C20H17ClFN3O2. The number of nitrogens with zero attached hydrogens (tertiary/aromatic N) is 2. The zero-order valence-corrected chi connectivity index (χ0v) is 15.1. The number of ether oxygens (including phenoxy) is 1. The quantitative estimate of drug-likeness (QED) is 0.374. The zero-order valence-electron chi connectivity index (χ0n) is 14.3. The minimum Gasteiger partial charge on any atom is -0.489 e. The lowest BCUT2D eigenvalue weighted by Gasteiger charge is -2.08. The summed E-state index contributed by atoms with van der Waals surface area (Å²) < 4.78 is 18.8. The third-order valence-corrected chi connectivity index (χ3v) is 4.01. The Bertz CT molecular complexity index is 936. The van der Waals surface area contributed by atoms with Crippen LogP contribution in [-0.2, 0) is 18.1 Å². The normalized spacial score (nSPS) is 11.3. The number of aromatic nitrogens is 1. The molecule has 0 amide bonds. The van der Waals surface area contributed by atoms with Crippen LogP contribution in [0.5, 0.6) is 5.75 Å². The largest absolute Gasteiger partial charge is 0.489 e. The van der Waals surface area contributed by atoms with Gasteiger partial charge in [0, 0.05) is 29.1 Å². The Morgan fingerprint density at radius 2 is 2.00 bits per heavy atom. The fraction of sp³-hybridized carbons (Fsp3) is 0.100. The third-order valence-electron chi connectivity index (χ3n) is 3.66. The van der Waals surface area contributed by atoms with E-state index in [1.54, 1.807) is 24.5 Å². The maximum Gasteiger partial charge on any atom is 0.170 e. The van der Waals surface area contributed by atoms with E-state index in [4.69, 9.17) is 26.9 Å². The van der Waals surface area contributed by atoms with Crippen molar-refractivity contribution in [3.8, 4) is 5.75 Å². The van der Waals surface area contributed by atoms with Crippen LogP contribution in [-0.4, -0.2) is 10.8 Å². The van der Waals surface area contributed by atoms with Gasteiger partial charge in [0.1, 0.15) is 24.8 Å². The van der Waals surface area contributed by atoms with Crippen molar-refractivity contribution >= 4 is 17.4 Å². The zero-order chi connectivity index (χ0) is 19.1. The molecule has 5 nitrogen and oxygen atoms in total. The van der Waals surface area contributed by atoms with E-state index >= 15 is 0 Å². The Labute approximate surface area is 161 Å². The Morgan fingerprint density at radius 3 is 2.78 bits per heavy atom. The molecule has 0 spiro atoms. The molecule has 1 aromatic heterocycles. The number of rotatable bonds is 7. The summed E-state index contributed by atoms with van der Waals surface area (Å²) in [5.74, 6) is 0.436. The van der Waals surface area contributed by atoms with Crippen molar-refractivity contribution in [1.29, 1.82) is 0 Å². The molecular weight excluding hydrogens is 369 g/mol. The first kappa shape index (κ1) is 18.7. The number of pyridine rings is 1. The van der Waals surface area contributed by atoms with Crippen LogP contribution in [0.2, 0.25) is 5.02 Å². The molecule has 27 heavy (non-hydrogen) atoms. The van der Waals surface area contributed by atoms with Gasteiger partial charge >= 0.3 is 0 Å². The number of oxime groups is 1. The second kappa shape index (κ2) is 9.00. The first-order chi connectivity index (χ1) is 13.1. The van der Waals surface area contributed by atoms with E-state index in [0.717, 1.165) is 5.56 Å². The predicted octanol–water partition coefficient (Wildman–Crippen LogP) is 4.29. The van der Waals surface area contributed by atoms with Crippen molar-refractivity contribution in [2.75, 3.05) is 0 Å². The summed E-state index contributed by atoms with van der Waals surface area (Å²) in [6.45, 7) is 0.477. The van der Waals surface area contributed by atoms with E-state index in [-0.39, 0.29) is 17.5 Å². The molecule has 3 aromatic rings. The standard InChI is InChI=1S/C20H17ClFN3O2/c21-19-10-17(22)7-6-16(19)13-27-25-20(23)15-4-1-5-18(9-15)26-12-14-3-2-8-24-11-14/h1-11H,12-13H2,(H2,23,25). The predicted molar refractivity (Wildman–Crippen MR) is 102 cm³/mol. The van der Waals surface area contributed by atoms with Crippen LogP contribution in [0.25, 0.3) is 0 Å². The minimum atomic E-state index is -0.408. The Hall–Kier alpha value is -3.12. The third kappa shape index (κ3) is 5.43. The van der Waals surface area contributed by atoms with Gasteiger partial charge in [-0.3, -0.25) is 4.98 Å². The Balaban J connectivity index is 1.60. The summed E-state index contributed by atoms with van der Waals surface area (Å²) in [5, 5.41) is 4.16. The van der Waals surface area contributed by atoms with Gasteiger partial charge in [-0.2, -0.15) is 0 Å². The van der Waals surface area contributed by atoms with E-state index < -0.39 is 5.82 Å². The lowest BCUT2D eigenvalue weighted by Crippen LogP contribution is -2.14. The second-order valence-corrected chi connectivity index (χ2v) is 6.07. The molecule has 0 atom stereocenters. The summed E-state index contributed by atoms with van der Waals surface area (Å²) >= 11 is 5.95. The van der Waals surface area contributed by atoms with E-state index in [1.165, 1.54) is 18.2 Å². The first-order valence-electron chi connectivity index (χ1n) is 8.13. The van der Waals surface area contributed by atoms with E-state index in [0.29, 0.717) is 23.5 Å². The van der Waals surface area contributed by atoms with Gasteiger partial charge in [-0.15, -0.1) is 0 Å². The highest BCUT2D eigenvalue weighted by Gasteiger charge is 2.05. The number of hydrogen-bond donors (Lipinski definition) is 1.